The summed E-state index contributed by atoms with van der Waals surface area (Å²) < 4.78 is 82.2. The molecule has 0 amide bonds. The van der Waals surface area contributed by atoms with Gasteiger partial charge in [0.25, 0.3) is 0 Å². The van der Waals surface area contributed by atoms with Gasteiger partial charge in [0.05, 0.1) is 22.3 Å². The van der Waals surface area contributed by atoms with Crippen molar-refractivity contribution in [3.63, 3.8) is 0 Å². The molecule has 11 heteroatoms. The molecule has 0 saturated carbocycles. The molecule has 1 atom stereocenters. The Hall–Kier alpha value is -3.66. The number of aliphatic hydroxyl groups is 1. The standard InChI is InChI=1S/C28H26ClF6N3O/c1-6-20(23-15-24(28(33,34)35)36-38(23)5)26(39)25(19-12-13-22(29)21(14-19)27(30,31)32)17(3)37(4)16(2)18-10-8-7-9-11-18/h6-16,39H,3H2,1-2,4-5H3/b20-6-,26-25-. The lowest BCUT2D eigenvalue weighted by atomic mass is 9.94. The summed E-state index contributed by atoms with van der Waals surface area (Å²) in [5.41, 5.74) is -1.73. The van der Waals surface area contributed by atoms with Crippen molar-refractivity contribution in [2.24, 2.45) is 7.05 Å². The first-order valence-corrected chi connectivity index (χ1v) is 12.0. The Morgan fingerprint density at radius 1 is 1.05 bits per heavy atom. The van der Waals surface area contributed by atoms with Gasteiger partial charge >= 0.3 is 12.4 Å². The summed E-state index contributed by atoms with van der Waals surface area (Å²) in [6.07, 6.45) is -8.20. The molecule has 3 rings (SSSR count). The summed E-state index contributed by atoms with van der Waals surface area (Å²) in [4.78, 5) is 1.65. The van der Waals surface area contributed by atoms with E-state index in [9.17, 15) is 31.4 Å². The number of nitrogens with zero attached hydrogens (tertiary/aromatic N) is 3. The first-order valence-electron chi connectivity index (χ1n) is 11.6. The van der Waals surface area contributed by atoms with E-state index in [2.05, 4.69) is 11.7 Å². The first-order chi connectivity index (χ1) is 18.1. The molecule has 0 bridgehead atoms. The van der Waals surface area contributed by atoms with Crippen LogP contribution in [0.25, 0.3) is 11.1 Å². The van der Waals surface area contributed by atoms with Crippen molar-refractivity contribution in [2.45, 2.75) is 32.2 Å². The number of aryl methyl sites for hydroxylation is 1. The van der Waals surface area contributed by atoms with Crippen molar-refractivity contribution >= 4 is 22.7 Å². The van der Waals surface area contributed by atoms with Crippen molar-refractivity contribution in [1.29, 1.82) is 0 Å². The van der Waals surface area contributed by atoms with Crippen LogP contribution in [0.1, 0.15) is 48.0 Å². The topological polar surface area (TPSA) is 41.3 Å². The van der Waals surface area contributed by atoms with Crippen LogP contribution in [-0.4, -0.2) is 26.8 Å². The van der Waals surface area contributed by atoms with E-state index in [0.717, 1.165) is 28.4 Å². The molecule has 0 radical (unpaired) electrons. The predicted octanol–water partition coefficient (Wildman–Crippen LogP) is 8.69. The minimum Gasteiger partial charge on any atom is -0.507 e. The van der Waals surface area contributed by atoms with Gasteiger partial charge in [-0.3, -0.25) is 4.68 Å². The van der Waals surface area contributed by atoms with Crippen molar-refractivity contribution in [2.75, 3.05) is 7.05 Å². The highest BCUT2D eigenvalue weighted by atomic mass is 35.5. The summed E-state index contributed by atoms with van der Waals surface area (Å²) in [6.45, 7) is 7.37. The molecule has 3 aromatic rings. The molecule has 2 aromatic carbocycles. The smallest absolute Gasteiger partial charge is 0.435 e. The average molecular weight is 570 g/mol. The van der Waals surface area contributed by atoms with Crippen LogP contribution in [0, 0.1) is 0 Å². The van der Waals surface area contributed by atoms with Crippen LogP contribution in [0.4, 0.5) is 26.3 Å². The lowest BCUT2D eigenvalue weighted by molar-refractivity contribution is -0.141. The Morgan fingerprint density at radius 2 is 1.67 bits per heavy atom. The van der Waals surface area contributed by atoms with Crippen molar-refractivity contribution < 1.29 is 31.4 Å². The summed E-state index contributed by atoms with van der Waals surface area (Å²) in [6, 6.07) is 12.7. The maximum absolute atomic E-state index is 13.7. The zero-order chi connectivity index (χ0) is 29.3. The van der Waals surface area contributed by atoms with Gasteiger partial charge in [-0.05, 0) is 43.2 Å². The summed E-state index contributed by atoms with van der Waals surface area (Å²) >= 11 is 5.83. The Bertz CT molecular complexity index is 1420. The first kappa shape index (κ1) is 29.9. The highest BCUT2D eigenvalue weighted by Crippen LogP contribution is 2.41. The van der Waals surface area contributed by atoms with Crippen LogP contribution in [0.2, 0.25) is 5.02 Å². The molecule has 4 nitrogen and oxygen atoms in total. The van der Waals surface area contributed by atoms with Crippen LogP contribution >= 0.6 is 11.6 Å². The lowest BCUT2D eigenvalue weighted by Crippen LogP contribution is -2.23. The fourth-order valence-electron chi connectivity index (χ4n) is 4.10. The molecular formula is C28H26ClF6N3O. The monoisotopic (exact) mass is 569 g/mol. The van der Waals surface area contributed by atoms with Gasteiger partial charge < -0.3 is 10.0 Å². The molecule has 39 heavy (non-hydrogen) atoms. The molecule has 1 heterocycles. The average Bonchev–Trinajstić information content (AvgIpc) is 3.26. The molecule has 0 aliphatic heterocycles. The molecule has 0 saturated heterocycles. The summed E-state index contributed by atoms with van der Waals surface area (Å²) in [5, 5.41) is 14.5. The fraction of sp³-hybridized carbons (Fsp3) is 0.250. The van der Waals surface area contributed by atoms with E-state index < -0.39 is 34.4 Å². The van der Waals surface area contributed by atoms with Crippen molar-refractivity contribution in [1.82, 2.24) is 14.7 Å². The van der Waals surface area contributed by atoms with Crippen molar-refractivity contribution in [3.8, 4) is 0 Å². The minimum atomic E-state index is -4.80. The van der Waals surface area contributed by atoms with Crippen LogP contribution < -0.4 is 0 Å². The number of hydrogen-bond donors (Lipinski definition) is 1. The Labute approximate surface area is 227 Å². The van der Waals surface area contributed by atoms with E-state index in [1.165, 1.54) is 26.1 Å². The normalized spacial score (nSPS) is 14.2. The van der Waals surface area contributed by atoms with Crippen LogP contribution in [0.15, 0.2) is 78.7 Å². The van der Waals surface area contributed by atoms with E-state index in [-0.39, 0.29) is 34.1 Å². The number of allylic oxidation sites excluding steroid dienone is 3. The Kier molecular flexibility index (Phi) is 8.60. The predicted molar refractivity (Wildman–Crippen MR) is 140 cm³/mol. The second-order valence-corrected chi connectivity index (χ2v) is 9.21. The van der Waals surface area contributed by atoms with E-state index in [0.29, 0.717) is 0 Å². The second kappa shape index (κ2) is 11.2. The van der Waals surface area contributed by atoms with E-state index in [4.69, 9.17) is 11.6 Å². The zero-order valence-electron chi connectivity index (χ0n) is 21.5. The third-order valence-electron chi connectivity index (χ3n) is 6.36. The third-order valence-corrected chi connectivity index (χ3v) is 6.69. The van der Waals surface area contributed by atoms with Gasteiger partial charge in [-0.25, -0.2) is 0 Å². The van der Waals surface area contributed by atoms with Gasteiger partial charge in [-0.2, -0.15) is 31.4 Å². The lowest BCUT2D eigenvalue weighted by Gasteiger charge is -2.31. The van der Waals surface area contributed by atoms with E-state index in [1.54, 1.807) is 11.9 Å². The van der Waals surface area contributed by atoms with E-state index >= 15 is 0 Å². The zero-order valence-corrected chi connectivity index (χ0v) is 22.2. The van der Waals surface area contributed by atoms with Gasteiger partial charge in [-0.1, -0.05) is 60.7 Å². The number of benzene rings is 2. The van der Waals surface area contributed by atoms with Crippen LogP contribution in [0.3, 0.4) is 0 Å². The second-order valence-electron chi connectivity index (χ2n) is 8.80. The number of aromatic nitrogens is 2. The largest absolute Gasteiger partial charge is 0.507 e. The fourth-order valence-corrected chi connectivity index (χ4v) is 4.33. The number of rotatable bonds is 7. The van der Waals surface area contributed by atoms with Crippen molar-refractivity contribution in [3.05, 3.63) is 112 Å². The van der Waals surface area contributed by atoms with Gasteiger partial charge in [0.15, 0.2) is 5.69 Å². The SMILES string of the molecule is C=C(/C(=C(O)\C(=C/C)c1cc(C(F)(F)F)nn1C)c1ccc(Cl)c(C(F)(F)F)c1)N(C)C(C)c1ccccc1. The van der Waals surface area contributed by atoms with Gasteiger partial charge in [0.1, 0.15) is 5.76 Å². The molecular weight excluding hydrogens is 544 g/mol. The maximum atomic E-state index is 13.7. The molecule has 1 N–H and O–H groups in total. The Balaban J connectivity index is 2.27. The van der Waals surface area contributed by atoms with Gasteiger partial charge in [0.2, 0.25) is 0 Å². The highest BCUT2D eigenvalue weighted by molar-refractivity contribution is 6.31. The molecule has 1 unspecified atom stereocenters. The number of hydrogen-bond acceptors (Lipinski definition) is 3. The summed E-state index contributed by atoms with van der Waals surface area (Å²) in [7, 11) is 2.92. The third kappa shape index (κ3) is 6.33. The molecule has 0 fully saturated rings. The molecule has 0 spiro atoms. The molecule has 0 aliphatic rings. The summed E-state index contributed by atoms with van der Waals surface area (Å²) in [5.74, 6) is -0.582. The maximum Gasteiger partial charge on any atom is 0.435 e. The number of alkyl halides is 6. The minimum absolute atomic E-state index is 0.0825. The Morgan fingerprint density at radius 3 is 2.18 bits per heavy atom. The van der Waals surface area contributed by atoms with E-state index in [1.807, 2.05) is 37.3 Å². The van der Waals surface area contributed by atoms with Crippen LogP contribution in [0.5, 0.6) is 0 Å². The van der Waals surface area contributed by atoms with Crippen LogP contribution in [-0.2, 0) is 19.4 Å². The molecule has 1 aromatic heterocycles. The molecule has 208 valence electrons. The number of likely N-dealkylation sites (N-methyl/N-ethyl adjacent to an activating group) is 1. The number of aliphatic hydroxyl groups excluding tert-OH is 1. The van der Waals surface area contributed by atoms with Gasteiger partial charge in [0, 0.05) is 30.9 Å². The number of halogens is 7. The quantitative estimate of drug-likeness (QED) is 0.176. The van der Waals surface area contributed by atoms with Gasteiger partial charge in [-0.15, -0.1) is 0 Å². The molecule has 0 aliphatic carbocycles. The highest BCUT2D eigenvalue weighted by Gasteiger charge is 2.36.